The zero-order chi connectivity index (χ0) is 40.5. The lowest BCUT2D eigenvalue weighted by atomic mass is 9.36. The zero-order valence-corrected chi connectivity index (χ0v) is 33.3. The third kappa shape index (κ3) is 5.99. The van der Waals surface area contributed by atoms with Gasteiger partial charge in [-0.05, 0) is 79.3 Å². The van der Waals surface area contributed by atoms with Crippen molar-refractivity contribution in [3.05, 3.63) is 76.9 Å². The maximum atomic E-state index is 15.1. The van der Waals surface area contributed by atoms with Gasteiger partial charge in [-0.1, -0.05) is 90.1 Å². The van der Waals surface area contributed by atoms with Crippen LogP contribution in [0.3, 0.4) is 0 Å². The Balaban J connectivity index is 1.54. The van der Waals surface area contributed by atoms with Crippen LogP contribution in [-0.4, -0.2) is 81.4 Å². The van der Waals surface area contributed by atoms with Crippen LogP contribution in [0.5, 0.6) is 0 Å². The number of guanidine groups is 1. The first-order chi connectivity index (χ1) is 25.6. The summed E-state index contributed by atoms with van der Waals surface area (Å²) in [6.07, 6.45) is 8.71. The number of fused-ring (bicyclic) bond motifs is 2. The van der Waals surface area contributed by atoms with Gasteiger partial charge in [0, 0.05) is 58.6 Å². The fourth-order valence-electron chi connectivity index (χ4n) is 12.3. The van der Waals surface area contributed by atoms with Crippen LogP contribution in [0.1, 0.15) is 79.2 Å². The maximum absolute atomic E-state index is 15.1. The van der Waals surface area contributed by atoms with Crippen molar-refractivity contribution >= 4 is 29.6 Å². The van der Waals surface area contributed by atoms with Crippen LogP contribution in [0.15, 0.2) is 76.3 Å². The van der Waals surface area contributed by atoms with Gasteiger partial charge in [0.1, 0.15) is 11.4 Å². The number of nitrogens with two attached hydrogens (primary N) is 2. The van der Waals surface area contributed by atoms with Crippen molar-refractivity contribution in [1.29, 1.82) is 0 Å². The predicted molar refractivity (Wildman–Crippen MR) is 212 cm³/mol. The first kappa shape index (κ1) is 40.8. The summed E-state index contributed by atoms with van der Waals surface area (Å²) in [5.74, 6) is -3.90. The second kappa shape index (κ2) is 13.9. The summed E-state index contributed by atoms with van der Waals surface area (Å²) in [5.41, 5.74) is 6.68. The van der Waals surface area contributed by atoms with E-state index in [0.29, 0.717) is 30.5 Å². The van der Waals surface area contributed by atoms with Gasteiger partial charge < -0.3 is 37.2 Å². The molecule has 6 rings (SSSR count). The van der Waals surface area contributed by atoms with Crippen molar-refractivity contribution in [2.24, 2.45) is 67.7 Å². The quantitative estimate of drug-likeness (QED) is 0.0701. The lowest BCUT2D eigenvalue weighted by Crippen LogP contribution is -2.69. The van der Waals surface area contributed by atoms with E-state index in [1.54, 1.807) is 19.2 Å². The number of aliphatic carboxylic acids is 1. The van der Waals surface area contributed by atoms with E-state index in [-0.39, 0.29) is 48.9 Å². The van der Waals surface area contributed by atoms with Gasteiger partial charge in [0.15, 0.2) is 11.7 Å². The van der Waals surface area contributed by atoms with E-state index < -0.39 is 74.5 Å². The van der Waals surface area contributed by atoms with Crippen molar-refractivity contribution in [1.82, 2.24) is 5.32 Å². The lowest BCUT2D eigenvalue weighted by Gasteiger charge is -2.68. The molecular formula is C44H60N4O7. The van der Waals surface area contributed by atoms with Crippen LogP contribution in [0.4, 0.5) is 0 Å². The van der Waals surface area contributed by atoms with Crippen LogP contribution in [0.2, 0.25) is 0 Å². The Hall–Kier alpha value is -3.90. The Labute approximate surface area is 324 Å². The Morgan fingerprint density at radius 2 is 1.75 bits per heavy atom. The van der Waals surface area contributed by atoms with Gasteiger partial charge >= 0.3 is 5.97 Å². The predicted octanol–water partition coefficient (Wildman–Crippen LogP) is 4.18. The summed E-state index contributed by atoms with van der Waals surface area (Å²) >= 11 is 0. The molecule has 0 heterocycles. The number of aliphatic hydroxyl groups excluding tert-OH is 1. The first-order valence-electron chi connectivity index (χ1n) is 19.7. The molecule has 5 aliphatic rings. The molecule has 55 heavy (non-hydrogen) atoms. The highest BCUT2D eigenvalue weighted by Gasteiger charge is 2.78. The van der Waals surface area contributed by atoms with Crippen LogP contribution in [0.25, 0.3) is 6.08 Å². The molecule has 0 aromatic heterocycles. The third-order valence-corrected chi connectivity index (χ3v) is 15.2. The average molecular weight is 757 g/mol. The van der Waals surface area contributed by atoms with E-state index in [9.17, 15) is 30.0 Å². The number of aliphatic imine (C=N–C) groups is 1. The number of aliphatic hydroxyl groups is 3. The molecule has 0 aliphatic heterocycles. The molecule has 11 heteroatoms. The number of carbonyl (C=O) groups excluding carboxylic acids is 2. The number of carboxylic acid groups (broad SMARTS) is 1. The minimum Gasteiger partial charge on any atom is -0.478 e. The lowest BCUT2D eigenvalue weighted by molar-refractivity contribution is -0.162. The molecule has 0 spiro atoms. The molecule has 2 fully saturated rings. The van der Waals surface area contributed by atoms with E-state index in [1.807, 2.05) is 77.1 Å². The molecule has 11 atom stereocenters. The molecule has 5 aliphatic carbocycles. The van der Waals surface area contributed by atoms with Crippen molar-refractivity contribution < 1.29 is 34.8 Å². The number of hydrogen-bond acceptors (Lipinski definition) is 8. The molecule has 11 nitrogen and oxygen atoms in total. The second-order valence-corrected chi connectivity index (χ2v) is 18.3. The average Bonchev–Trinajstić information content (AvgIpc) is 3.30. The molecular weight excluding hydrogens is 697 g/mol. The third-order valence-electron chi connectivity index (χ3n) is 15.2. The molecule has 0 amide bonds. The molecule has 2 saturated carbocycles. The number of carboxylic acids is 1. The SMILES string of the molecule is CNCCC(=C[C@@H](O)[C@H](CN=C(N)N)[C@@H](C)[C@@H]1C[C@]2(O)C=C[C@@]3(O)C4=C(C(=O)C[C@@]1(C)[C@]42C)[C@@]1(C)CCC(=O)C(C)(C)[C@@H]1[C@@H]3C=Cc1ccccc1)C(=O)O. The van der Waals surface area contributed by atoms with Crippen molar-refractivity contribution in [3.63, 3.8) is 0 Å². The van der Waals surface area contributed by atoms with Gasteiger partial charge in [-0.2, -0.15) is 0 Å². The van der Waals surface area contributed by atoms with Crippen molar-refractivity contribution in [3.8, 4) is 0 Å². The van der Waals surface area contributed by atoms with Crippen LogP contribution < -0.4 is 16.8 Å². The Morgan fingerprint density at radius 3 is 2.36 bits per heavy atom. The number of Topliss-reactive ketones (excluding diaryl/α,β-unsaturated/α-hetero) is 2. The van der Waals surface area contributed by atoms with E-state index in [2.05, 4.69) is 17.2 Å². The van der Waals surface area contributed by atoms with Gasteiger partial charge in [-0.15, -0.1) is 0 Å². The van der Waals surface area contributed by atoms with Gasteiger partial charge in [0.05, 0.1) is 11.7 Å². The minimum absolute atomic E-state index is 0.0152. The van der Waals surface area contributed by atoms with Gasteiger partial charge in [-0.25, -0.2) is 4.79 Å². The topological polar surface area (TPSA) is 209 Å². The normalized spacial score (nSPS) is 38.0. The largest absolute Gasteiger partial charge is 0.478 e. The second-order valence-electron chi connectivity index (χ2n) is 18.3. The Bertz CT molecular complexity index is 1900. The highest BCUT2D eigenvalue weighted by molar-refractivity contribution is 6.02. The maximum Gasteiger partial charge on any atom is 0.331 e. The molecule has 9 N–H and O–H groups in total. The summed E-state index contributed by atoms with van der Waals surface area (Å²) in [4.78, 5) is 45.4. The monoisotopic (exact) mass is 756 g/mol. The van der Waals surface area contributed by atoms with Crippen LogP contribution >= 0.6 is 0 Å². The number of rotatable bonds is 12. The molecule has 1 aromatic rings. The summed E-state index contributed by atoms with van der Waals surface area (Å²) in [6, 6.07) is 9.78. The summed E-state index contributed by atoms with van der Waals surface area (Å²) in [6.45, 7) is 12.3. The zero-order valence-electron chi connectivity index (χ0n) is 33.3. The van der Waals surface area contributed by atoms with Crippen molar-refractivity contribution in [2.45, 2.75) is 91.0 Å². The highest BCUT2D eigenvalue weighted by Crippen LogP contribution is 2.78. The van der Waals surface area contributed by atoms with E-state index in [4.69, 9.17) is 11.5 Å². The summed E-state index contributed by atoms with van der Waals surface area (Å²) in [5, 5.41) is 51.2. The standard InChI is InChI=1S/C44H60N4O7/c1-25(28(24-48-38(45)46)31(49)21-27(37(52)53)16-20-47-7)30-22-43(54)18-19-44(55)29(14-13-26-11-9-8-10-12-26)35-39(2,3)33(51)15-17-40(35,4)34-32(50)23-41(30,5)42(43,6)36(34)44/h8-14,18-19,21,25,28-31,35,47,49,54-55H,15-17,20,22-24H2,1-7H3,(H,52,53)(H4,45,46,48)/t25-,28-,29+,30+,31-,35+,40-,41-,42+,43-,44+/m1/s1. The number of nitrogens with zero attached hydrogens (tertiary/aromatic N) is 1. The van der Waals surface area contributed by atoms with Crippen LogP contribution in [0, 0.1) is 51.2 Å². The number of hydrogen-bond donors (Lipinski definition) is 7. The number of benzene rings is 1. The van der Waals surface area contributed by atoms with E-state index in [0.717, 1.165) is 5.56 Å². The van der Waals surface area contributed by atoms with Gasteiger partial charge in [-0.3, -0.25) is 14.6 Å². The van der Waals surface area contributed by atoms with Gasteiger partial charge in [0.2, 0.25) is 0 Å². The molecule has 298 valence electrons. The van der Waals surface area contributed by atoms with E-state index >= 15 is 4.79 Å². The Morgan fingerprint density at radius 1 is 1.07 bits per heavy atom. The highest BCUT2D eigenvalue weighted by atomic mass is 16.4. The number of allylic oxidation sites excluding steroid dienone is 1. The smallest absolute Gasteiger partial charge is 0.331 e. The first-order valence-corrected chi connectivity index (χ1v) is 19.7. The Kier molecular flexibility index (Phi) is 10.3. The molecule has 1 aromatic carbocycles. The fraction of sp³-hybridized carbons (Fsp3) is 0.591. The van der Waals surface area contributed by atoms with Crippen molar-refractivity contribution in [2.75, 3.05) is 20.1 Å². The molecule has 0 radical (unpaired) electrons. The summed E-state index contributed by atoms with van der Waals surface area (Å²) < 4.78 is 0. The fourth-order valence-corrected chi connectivity index (χ4v) is 12.3. The molecule has 0 bridgehead atoms. The number of nitrogens with one attached hydrogen (secondary N) is 1. The molecule has 0 unspecified atom stereocenters. The molecule has 0 saturated heterocycles. The minimum atomic E-state index is -1.71. The van der Waals surface area contributed by atoms with Crippen LogP contribution in [-0.2, 0) is 14.4 Å². The summed E-state index contributed by atoms with van der Waals surface area (Å²) in [7, 11) is 1.72. The van der Waals surface area contributed by atoms with E-state index in [1.165, 1.54) is 6.08 Å². The van der Waals surface area contributed by atoms with Gasteiger partial charge in [0.25, 0.3) is 0 Å². The number of ketones is 2. The number of carbonyl (C=O) groups is 3.